The number of benzene rings is 1. The molecule has 1 aromatic carbocycles. The molecule has 0 unspecified atom stereocenters. The first-order chi connectivity index (χ1) is 14.7. The molecule has 1 saturated carbocycles. The zero-order valence-corrected chi connectivity index (χ0v) is 17.8. The molecular weight excluding hydrogens is 410 g/mol. The van der Waals surface area contributed by atoms with Crippen molar-refractivity contribution in [3.05, 3.63) is 47.7 Å². The maximum absolute atomic E-state index is 14.2. The van der Waals surface area contributed by atoms with Crippen LogP contribution in [0.2, 0.25) is 0 Å². The van der Waals surface area contributed by atoms with Gasteiger partial charge in [-0.25, -0.2) is 13.6 Å². The molecule has 4 atom stereocenters. The van der Waals surface area contributed by atoms with Crippen molar-refractivity contribution in [3.8, 4) is 0 Å². The van der Waals surface area contributed by atoms with Gasteiger partial charge in [-0.2, -0.15) is 0 Å². The Hall–Kier alpha value is -2.48. The quantitative estimate of drug-likeness (QED) is 0.391. The second-order valence-electron chi connectivity index (χ2n) is 7.87. The van der Waals surface area contributed by atoms with Crippen LogP contribution < -0.4 is 0 Å². The monoisotopic (exact) mass is 440 g/mol. The summed E-state index contributed by atoms with van der Waals surface area (Å²) in [5.41, 5.74) is 0.298. The fourth-order valence-electron chi connectivity index (χ4n) is 3.98. The maximum Gasteiger partial charge on any atom is 0.338 e. The Kier molecular flexibility index (Phi) is 8.98. The topological polar surface area (TPSA) is 93.1 Å². The number of esters is 1. The van der Waals surface area contributed by atoms with Gasteiger partial charge in [0.1, 0.15) is 6.10 Å². The Labute approximate surface area is 180 Å². The standard InChI is InChI=1S/C23H30F2O6/c1-3-4-11-23(24,25)12-10-18(30-2)21-16(13-20(27)28)17(26)14-19(21)31-22(29)15-8-6-5-7-9-15/h5-10,16-17,19,21,26H,3-4,11-14H2,1-2H3,(H,27,28)/t16-,17-,19+,21-/m0/s1. The lowest BCUT2D eigenvalue weighted by atomic mass is 9.88. The lowest BCUT2D eigenvalue weighted by molar-refractivity contribution is -0.139. The zero-order valence-electron chi connectivity index (χ0n) is 17.8. The molecule has 6 nitrogen and oxygen atoms in total. The summed E-state index contributed by atoms with van der Waals surface area (Å²) in [5.74, 6) is -6.29. The third-order valence-corrected chi connectivity index (χ3v) is 5.57. The van der Waals surface area contributed by atoms with Crippen molar-refractivity contribution in [2.24, 2.45) is 11.8 Å². The van der Waals surface area contributed by atoms with Crippen molar-refractivity contribution >= 4 is 11.9 Å². The van der Waals surface area contributed by atoms with Crippen LogP contribution in [0.4, 0.5) is 8.78 Å². The first-order valence-corrected chi connectivity index (χ1v) is 10.5. The molecule has 0 spiro atoms. The summed E-state index contributed by atoms with van der Waals surface area (Å²) < 4.78 is 39.3. The Bertz CT molecular complexity index is 765. The number of aliphatic hydroxyl groups excluding tert-OH is 1. The van der Waals surface area contributed by atoms with E-state index < -0.39 is 54.7 Å². The summed E-state index contributed by atoms with van der Waals surface area (Å²) in [6.45, 7) is 1.83. The third kappa shape index (κ3) is 7.02. The summed E-state index contributed by atoms with van der Waals surface area (Å²) in [4.78, 5) is 23.9. The first-order valence-electron chi connectivity index (χ1n) is 10.5. The number of aliphatic carboxylic acids is 1. The number of hydrogen-bond donors (Lipinski definition) is 2. The molecule has 1 aliphatic rings. The summed E-state index contributed by atoms with van der Waals surface area (Å²) in [6, 6.07) is 8.22. The fraction of sp³-hybridized carbons (Fsp3) is 0.565. The van der Waals surface area contributed by atoms with Gasteiger partial charge in [0.2, 0.25) is 0 Å². The highest BCUT2D eigenvalue weighted by atomic mass is 19.3. The van der Waals surface area contributed by atoms with E-state index in [1.165, 1.54) is 13.2 Å². The van der Waals surface area contributed by atoms with Gasteiger partial charge in [-0.3, -0.25) is 4.79 Å². The Balaban J connectivity index is 2.28. The number of carboxylic acids is 1. The molecule has 2 rings (SSSR count). The van der Waals surface area contributed by atoms with Gasteiger partial charge in [0, 0.05) is 25.2 Å². The third-order valence-electron chi connectivity index (χ3n) is 5.57. The maximum atomic E-state index is 14.2. The summed E-state index contributed by atoms with van der Waals surface area (Å²) in [6.07, 6.45) is -0.982. The summed E-state index contributed by atoms with van der Waals surface area (Å²) in [7, 11) is 1.30. The van der Waals surface area contributed by atoms with Crippen LogP contribution >= 0.6 is 0 Å². The zero-order chi connectivity index (χ0) is 23.0. The van der Waals surface area contributed by atoms with E-state index in [4.69, 9.17) is 9.47 Å². The van der Waals surface area contributed by atoms with E-state index in [2.05, 4.69) is 0 Å². The predicted molar refractivity (Wildman–Crippen MR) is 110 cm³/mol. The van der Waals surface area contributed by atoms with Crippen molar-refractivity contribution in [1.29, 1.82) is 0 Å². The van der Waals surface area contributed by atoms with E-state index in [-0.39, 0.29) is 18.6 Å². The molecule has 1 aromatic rings. The van der Waals surface area contributed by atoms with Crippen LogP contribution in [0.5, 0.6) is 0 Å². The summed E-state index contributed by atoms with van der Waals surface area (Å²) in [5, 5.41) is 19.7. The Morgan fingerprint density at radius 3 is 2.52 bits per heavy atom. The molecule has 0 saturated heterocycles. The number of rotatable bonds is 11. The number of halogens is 2. The first kappa shape index (κ1) is 24.8. The van der Waals surface area contributed by atoms with Crippen LogP contribution in [0.25, 0.3) is 0 Å². The number of ether oxygens (including phenoxy) is 2. The highest BCUT2D eigenvalue weighted by Crippen LogP contribution is 2.42. The minimum atomic E-state index is -2.94. The van der Waals surface area contributed by atoms with E-state index in [9.17, 15) is 28.6 Å². The van der Waals surface area contributed by atoms with Crippen LogP contribution in [0.15, 0.2) is 42.2 Å². The molecule has 0 bridgehead atoms. The molecule has 1 aliphatic carbocycles. The molecule has 0 amide bonds. The predicted octanol–water partition coefficient (Wildman–Crippen LogP) is 4.43. The van der Waals surface area contributed by atoms with E-state index in [1.807, 2.05) is 6.92 Å². The summed E-state index contributed by atoms with van der Waals surface area (Å²) >= 11 is 0. The number of methoxy groups -OCH3 is 1. The van der Waals surface area contributed by atoms with Gasteiger partial charge in [-0.1, -0.05) is 31.5 Å². The van der Waals surface area contributed by atoms with Gasteiger partial charge >= 0.3 is 11.9 Å². The molecule has 0 heterocycles. The van der Waals surface area contributed by atoms with E-state index in [0.29, 0.717) is 18.4 Å². The van der Waals surface area contributed by atoms with Crippen LogP contribution in [-0.4, -0.2) is 47.4 Å². The van der Waals surface area contributed by atoms with E-state index in [1.54, 1.807) is 30.3 Å². The number of alkyl halides is 2. The van der Waals surface area contributed by atoms with Crippen molar-refractivity contribution < 1.29 is 38.1 Å². The Morgan fingerprint density at radius 1 is 1.26 bits per heavy atom. The number of hydrogen-bond acceptors (Lipinski definition) is 5. The highest BCUT2D eigenvalue weighted by molar-refractivity contribution is 5.89. The lowest BCUT2D eigenvalue weighted by Gasteiger charge is -2.27. The molecule has 0 aliphatic heterocycles. The van der Waals surface area contributed by atoms with E-state index in [0.717, 1.165) is 0 Å². The van der Waals surface area contributed by atoms with E-state index >= 15 is 0 Å². The number of carbonyl (C=O) groups is 2. The number of unbranched alkanes of at least 4 members (excludes halogenated alkanes) is 1. The smallest absolute Gasteiger partial charge is 0.338 e. The van der Waals surface area contributed by atoms with Crippen LogP contribution in [0, 0.1) is 11.8 Å². The normalized spacial score (nSPS) is 24.1. The second-order valence-corrected chi connectivity index (χ2v) is 7.87. The van der Waals surface area contributed by atoms with Gasteiger partial charge < -0.3 is 19.7 Å². The fourth-order valence-corrected chi connectivity index (χ4v) is 3.98. The van der Waals surface area contributed by atoms with Crippen molar-refractivity contribution in [1.82, 2.24) is 0 Å². The largest absolute Gasteiger partial charge is 0.501 e. The molecule has 172 valence electrons. The van der Waals surface area contributed by atoms with Gasteiger partial charge in [0.15, 0.2) is 0 Å². The molecule has 1 fully saturated rings. The van der Waals surface area contributed by atoms with Gasteiger partial charge in [-0.15, -0.1) is 0 Å². The average Bonchev–Trinajstić information content (AvgIpc) is 3.02. The van der Waals surface area contributed by atoms with Crippen molar-refractivity contribution in [2.75, 3.05) is 7.11 Å². The number of carbonyl (C=O) groups excluding carboxylic acids is 1. The SMILES string of the molecule is CCCCC(F)(F)CC=C(OC)[C@@H]1[C@@H](CC(=O)O)[C@@H](O)C[C@H]1OC(=O)c1ccccc1. The second kappa shape index (κ2) is 11.2. The van der Waals surface area contributed by atoms with Gasteiger partial charge in [-0.05, 0) is 24.6 Å². The number of aliphatic hydroxyl groups is 1. The van der Waals surface area contributed by atoms with Crippen molar-refractivity contribution in [3.63, 3.8) is 0 Å². The van der Waals surface area contributed by atoms with Crippen LogP contribution in [0.3, 0.4) is 0 Å². The molecule has 0 radical (unpaired) electrons. The highest BCUT2D eigenvalue weighted by Gasteiger charge is 2.48. The Morgan fingerprint density at radius 2 is 1.94 bits per heavy atom. The molecule has 2 N–H and O–H groups in total. The molecule has 31 heavy (non-hydrogen) atoms. The van der Waals surface area contributed by atoms with Crippen LogP contribution in [-0.2, 0) is 14.3 Å². The molecular formula is C23H30F2O6. The minimum absolute atomic E-state index is 0.00584. The van der Waals surface area contributed by atoms with Crippen LogP contribution in [0.1, 0.15) is 55.8 Å². The average molecular weight is 440 g/mol. The van der Waals surface area contributed by atoms with Gasteiger partial charge in [0.25, 0.3) is 5.92 Å². The number of carboxylic acid groups (broad SMARTS) is 1. The van der Waals surface area contributed by atoms with Gasteiger partial charge in [0.05, 0.1) is 36.9 Å². The number of allylic oxidation sites excluding steroid dienone is 1. The molecule has 8 heteroatoms. The molecule has 0 aromatic heterocycles. The van der Waals surface area contributed by atoms with Crippen molar-refractivity contribution in [2.45, 2.75) is 63.6 Å². The lowest BCUT2D eigenvalue weighted by Crippen LogP contribution is -2.30. The minimum Gasteiger partial charge on any atom is -0.501 e.